The number of rotatable bonds is 1. The summed E-state index contributed by atoms with van der Waals surface area (Å²) in [6.07, 6.45) is 4.77. The van der Waals surface area contributed by atoms with Crippen LogP contribution < -0.4 is 5.32 Å². The molecule has 0 aliphatic carbocycles. The first-order valence-electron chi connectivity index (χ1n) is 5.96. The van der Waals surface area contributed by atoms with Crippen LogP contribution in [0.3, 0.4) is 0 Å². The van der Waals surface area contributed by atoms with Gasteiger partial charge in [-0.25, -0.2) is 0 Å². The average molecular weight is 242 g/mol. The molecular weight excluding hydrogens is 224 g/mol. The second-order valence-electron chi connectivity index (χ2n) is 5.30. The van der Waals surface area contributed by atoms with Crippen molar-refractivity contribution in [2.24, 2.45) is 0 Å². The lowest BCUT2D eigenvalue weighted by Crippen LogP contribution is -2.54. The zero-order valence-corrected chi connectivity index (χ0v) is 10.3. The van der Waals surface area contributed by atoms with Gasteiger partial charge in [-0.3, -0.25) is 10.1 Å². The summed E-state index contributed by atoms with van der Waals surface area (Å²) in [5.41, 5.74) is 0. The molecule has 3 saturated heterocycles. The smallest absolute Gasteiger partial charge is 0.321 e. The molecule has 0 saturated carbocycles. The highest BCUT2D eigenvalue weighted by molar-refractivity contribution is 8.01. The van der Waals surface area contributed by atoms with E-state index in [0.29, 0.717) is 12.1 Å². The fraction of sp³-hybridized carbons (Fsp3) is 0.909. The summed E-state index contributed by atoms with van der Waals surface area (Å²) in [5, 5.41) is 12.4. The summed E-state index contributed by atoms with van der Waals surface area (Å²) in [7, 11) is 2.21. The highest BCUT2D eigenvalue weighted by Gasteiger charge is 2.51. The Bertz CT molecular complexity index is 309. The standard InChI is InChI=1S/C11H18N2O2S/c1-13-7-2-3-8(13)5-11(4-7)12-9(6-16-11)10(14)15/h7-9,12H,2-6H2,1H3,(H,14,15). The van der Waals surface area contributed by atoms with E-state index < -0.39 is 5.97 Å². The number of piperidine rings is 1. The SMILES string of the molecule is CN1C2CCC1CC1(C2)NC(C(=O)O)CS1. The molecular formula is C11H18N2O2S. The van der Waals surface area contributed by atoms with E-state index in [9.17, 15) is 4.79 Å². The van der Waals surface area contributed by atoms with E-state index in [1.54, 1.807) is 0 Å². The number of nitrogens with one attached hydrogen (secondary N) is 1. The quantitative estimate of drug-likeness (QED) is 0.710. The molecule has 4 nitrogen and oxygen atoms in total. The summed E-state index contributed by atoms with van der Waals surface area (Å²) in [6.45, 7) is 0. The Labute approximate surface area is 99.8 Å². The van der Waals surface area contributed by atoms with Crippen LogP contribution in [0.25, 0.3) is 0 Å². The van der Waals surface area contributed by atoms with Gasteiger partial charge in [-0.1, -0.05) is 0 Å². The van der Waals surface area contributed by atoms with Crippen LogP contribution >= 0.6 is 11.8 Å². The van der Waals surface area contributed by atoms with Crippen molar-refractivity contribution < 1.29 is 9.90 Å². The van der Waals surface area contributed by atoms with Gasteiger partial charge in [0.1, 0.15) is 6.04 Å². The van der Waals surface area contributed by atoms with Gasteiger partial charge in [0, 0.05) is 17.8 Å². The lowest BCUT2D eigenvalue weighted by atomic mass is 9.96. The summed E-state index contributed by atoms with van der Waals surface area (Å²) < 4.78 is 0. The highest BCUT2D eigenvalue weighted by atomic mass is 32.2. The summed E-state index contributed by atoms with van der Waals surface area (Å²) in [5.74, 6) is 0.0222. The first-order valence-corrected chi connectivity index (χ1v) is 6.95. The molecule has 90 valence electrons. The van der Waals surface area contributed by atoms with Gasteiger partial charge < -0.3 is 10.0 Å². The molecule has 2 N–H and O–H groups in total. The lowest BCUT2D eigenvalue weighted by Gasteiger charge is -2.43. The minimum atomic E-state index is -0.698. The Morgan fingerprint density at radius 2 is 2.06 bits per heavy atom. The van der Waals surface area contributed by atoms with Crippen LogP contribution in [-0.4, -0.2) is 51.8 Å². The van der Waals surface area contributed by atoms with Gasteiger partial charge in [-0.05, 0) is 32.7 Å². The Morgan fingerprint density at radius 1 is 1.44 bits per heavy atom. The van der Waals surface area contributed by atoms with Gasteiger partial charge in [0.25, 0.3) is 0 Å². The van der Waals surface area contributed by atoms with Crippen LogP contribution in [0.4, 0.5) is 0 Å². The molecule has 2 bridgehead atoms. The molecule has 3 heterocycles. The van der Waals surface area contributed by atoms with Gasteiger partial charge in [0.15, 0.2) is 0 Å². The molecule has 3 fully saturated rings. The predicted octanol–water partition coefficient (Wildman–Crippen LogP) is 0.729. The van der Waals surface area contributed by atoms with Crippen molar-refractivity contribution in [3.05, 3.63) is 0 Å². The summed E-state index contributed by atoms with van der Waals surface area (Å²) in [6, 6.07) is 0.977. The zero-order chi connectivity index (χ0) is 11.3. The molecule has 3 atom stereocenters. The third kappa shape index (κ3) is 1.57. The van der Waals surface area contributed by atoms with Crippen LogP contribution in [0.15, 0.2) is 0 Å². The topological polar surface area (TPSA) is 52.6 Å². The normalized spacial score (nSPS) is 47.7. The molecule has 3 unspecified atom stereocenters. The third-order valence-electron chi connectivity index (χ3n) is 4.38. The first kappa shape index (κ1) is 10.9. The molecule has 0 amide bonds. The van der Waals surface area contributed by atoms with E-state index in [-0.39, 0.29) is 10.9 Å². The van der Waals surface area contributed by atoms with Gasteiger partial charge in [0.2, 0.25) is 0 Å². The zero-order valence-electron chi connectivity index (χ0n) is 9.48. The Hall–Kier alpha value is -0.260. The molecule has 0 radical (unpaired) electrons. The van der Waals surface area contributed by atoms with Crippen molar-refractivity contribution in [2.45, 2.75) is 48.7 Å². The second-order valence-corrected chi connectivity index (χ2v) is 6.70. The van der Waals surface area contributed by atoms with E-state index in [1.807, 2.05) is 11.8 Å². The number of nitrogens with zero attached hydrogens (tertiary/aromatic N) is 1. The largest absolute Gasteiger partial charge is 0.480 e. The number of carboxylic acids is 1. The molecule has 3 aliphatic heterocycles. The van der Waals surface area contributed by atoms with E-state index in [0.717, 1.165) is 18.6 Å². The van der Waals surface area contributed by atoms with Gasteiger partial charge in [0.05, 0.1) is 4.87 Å². The van der Waals surface area contributed by atoms with Gasteiger partial charge in [-0.15, -0.1) is 11.8 Å². The average Bonchev–Trinajstić information content (AvgIpc) is 2.70. The van der Waals surface area contributed by atoms with Crippen molar-refractivity contribution in [3.8, 4) is 0 Å². The molecule has 3 aliphatic rings. The minimum absolute atomic E-state index is 0.0569. The monoisotopic (exact) mass is 242 g/mol. The molecule has 3 rings (SSSR count). The van der Waals surface area contributed by atoms with E-state index in [1.165, 1.54) is 12.8 Å². The lowest BCUT2D eigenvalue weighted by molar-refractivity contribution is -0.139. The van der Waals surface area contributed by atoms with Crippen LogP contribution in [0.5, 0.6) is 0 Å². The number of aliphatic carboxylic acids is 1. The molecule has 5 heteroatoms. The van der Waals surface area contributed by atoms with E-state index >= 15 is 0 Å². The number of hydrogen-bond acceptors (Lipinski definition) is 4. The maximum absolute atomic E-state index is 11.0. The fourth-order valence-corrected chi connectivity index (χ4v) is 5.00. The molecule has 0 aromatic heterocycles. The first-order chi connectivity index (χ1) is 7.60. The van der Waals surface area contributed by atoms with Crippen molar-refractivity contribution in [2.75, 3.05) is 12.8 Å². The van der Waals surface area contributed by atoms with E-state index in [2.05, 4.69) is 17.3 Å². The molecule has 0 aromatic rings. The maximum Gasteiger partial charge on any atom is 0.321 e. The number of carbonyl (C=O) groups is 1. The molecule has 0 aromatic carbocycles. The van der Waals surface area contributed by atoms with Crippen molar-refractivity contribution in [3.63, 3.8) is 0 Å². The highest BCUT2D eigenvalue weighted by Crippen LogP contribution is 2.47. The van der Waals surface area contributed by atoms with Crippen LogP contribution in [0.2, 0.25) is 0 Å². The van der Waals surface area contributed by atoms with Crippen LogP contribution in [0, 0.1) is 0 Å². The Kier molecular flexibility index (Phi) is 2.46. The van der Waals surface area contributed by atoms with E-state index in [4.69, 9.17) is 5.11 Å². The van der Waals surface area contributed by atoms with Crippen molar-refractivity contribution in [1.29, 1.82) is 0 Å². The number of carboxylic acid groups (broad SMARTS) is 1. The van der Waals surface area contributed by atoms with Crippen LogP contribution in [0.1, 0.15) is 25.7 Å². The number of hydrogen-bond donors (Lipinski definition) is 2. The predicted molar refractivity (Wildman–Crippen MR) is 63.6 cm³/mol. The fourth-order valence-electron chi connectivity index (χ4n) is 3.44. The minimum Gasteiger partial charge on any atom is -0.480 e. The summed E-state index contributed by atoms with van der Waals surface area (Å²) >= 11 is 1.83. The number of fused-ring (bicyclic) bond motifs is 2. The molecule has 16 heavy (non-hydrogen) atoms. The Morgan fingerprint density at radius 3 is 2.56 bits per heavy atom. The Balaban J connectivity index is 1.75. The molecule has 1 spiro atoms. The van der Waals surface area contributed by atoms with Crippen molar-refractivity contribution in [1.82, 2.24) is 10.2 Å². The van der Waals surface area contributed by atoms with Crippen LogP contribution in [-0.2, 0) is 4.79 Å². The third-order valence-corrected chi connectivity index (χ3v) is 5.88. The number of thioether (sulfide) groups is 1. The van der Waals surface area contributed by atoms with Gasteiger partial charge >= 0.3 is 5.97 Å². The maximum atomic E-state index is 11.0. The summed E-state index contributed by atoms with van der Waals surface area (Å²) in [4.78, 5) is 13.5. The second kappa shape index (κ2) is 3.62. The van der Waals surface area contributed by atoms with Gasteiger partial charge in [-0.2, -0.15) is 0 Å². The van der Waals surface area contributed by atoms with Crippen molar-refractivity contribution >= 4 is 17.7 Å².